The normalized spacial score (nSPS) is 12.2. The summed E-state index contributed by atoms with van der Waals surface area (Å²) in [6, 6.07) is 11.2. The minimum Gasteiger partial charge on any atom is -0.454 e. The van der Waals surface area contributed by atoms with Crippen LogP contribution in [0.15, 0.2) is 36.4 Å². The first-order chi connectivity index (χ1) is 10.1. The number of amides is 1. The number of nitrogens with two attached hydrogens (primary N) is 1. The lowest BCUT2D eigenvalue weighted by Gasteiger charge is -2.10. The molecule has 108 valence electrons. The number of benzene rings is 2. The monoisotopic (exact) mass is 284 g/mol. The molecule has 0 aliphatic carbocycles. The van der Waals surface area contributed by atoms with Crippen LogP contribution in [0, 0.1) is 6.92 Å². The molecule has 3 N–H and O–H groups in total. The highest BCUT2D eigenvalue weighted by molar-refractivity contribution is 5.93. The second-order valence-corrected chi connectivity index (χ2v) is 4.93. The smallest absolute Gasteiger partial charge is 0.248 e. The van der Waals surface area contributed by atoms with Crippen molar-refractivity contribution in [2.24, 2.45) is 5.73 Å². The number of anilines is 1. The fraction of sp³-hybridized carbons (Fsp3) is 0.188. The van der Waals surface area contributed by atoms with E-state index in [0.29, 0.717) is 12.1 Å². The molecule has 0 bridgehead atoms. The number of hydrogen-bond donors (Lipinski definition) is 2. The van der Waals surface area contributed by atoms with Crippen LogP contribution in [0.2, 0.25) is 0 Å². The Hall–Kier alpha value is -2.69. The summed E-state index contributed by atoms with van der Waals surface area (Å²) in [5, 5.41) is 3.33. The number of hydrogen-bond acceptors (Lipinski definition) is 4. The molecular weight excluding hydrogens is 268 g/mol. The van der Waals surface area contributed by atoms with Gasteiger partial charge in [0.05, 0.1) is 0 Å². The fourth-order valence-electron chi connectivity index (χ4n) is 2.25. The van der Waals surface area contributed by atoms with Crippen molar-refractivity contribution in [3.8, 4) is 11.5 Å². The van der Waals surface area contributed by atoms with Gasteiger partial charge in [0.1, 0.15) is 0 Å². The van der Waals surface area contributed by atoms with Crippen molar-refractivity contribution in [2.45, 2.75) is 13.5 Å². The van der Waals surface area contributed by atoms with E-state index in [4.69, 9.17) is 15.2 Å². The molecule has 3 rings (SSSR count). The van der Waals surface area contributed by atoms with Crippen LogP contribution in [0.5, 0.6) is 11.5 Å². The van der Waals surface area contributed by atoms with Crippen LogP contribution >= 0.6 is 0 Å². The Morgan fingerprint density at radius 2 is 2.00 bits per heavy atom. The largest absolute Gasteiger partial charge is 0.454 e. The molecule has 0 atom stereocenters. The summed E-state index contributed by atoms with van der Waals surface area (Å²) in [5.74, 6) is 1.11. The van der Waals surface area contributed by atoms with E-state index in [1.54, 1.807) is 12.1 Å². The Balaban J connectivity index is 1.71. The third-order valence-electron chi connectivity index (χ3n) is 3.48. The van der Waals surface area contributed by atoms with Crippen LogP contribution in [-0.2, 0) is 6.54 Å². The molecule has 0 saturated heterocycles. The third-order valence-corrected chi connectivity index (χ3v) is 3.48. The van der Waals surface area contributed by atoms with Crippen LogP contribution in [0.3, 0.4) is 0 Å². The number of aryl methyl sites for hydroxylation is 1. The lowest BCUT2D eigenvalue weighted by molar-refractivity contribution is 0.1000. The van der Waals surface area contributed by atoms with Crippen molar-refractivity contribution in [1.82, 2.24) is 0 Å². The number of ether oxygens (including phenoxy) is 2. The SMILES string of the molecule is Cc1cc(C(N)=O)ccc1CNc1ccc2c(c1)OCO2. The minimum absolute atomic E-state index is 0.270. The number of primary amides is 1. The van der Waals surface area contributed by atoms with E-state index in [2.05, 4.69) is 5.32 Å². The third kappa shape index (κ3) is 2.76. The average Bonchev–Trinajstić information content (AvgIpc) is 2.93. The van der Waals surface area contributed by atoms with Crippen molar-refractivity contribution < 1.29 is 14.3 Å². The second-order valence-electron chi connectivity index (χ2n) is 4.93. The van der Waals surface area contributed by atoms with E-state index in [0.717, 1.165) is 28.3 Å². The molecule has 21 heavy (non-hydrogen) atoms. The molecular formula is C16H16N2O3. The lowest BCUT2D eigenvalue weighted by Crippen LogP contribution is -2.11. The van der Waals surface area contributed by atoms with Gasteiger partial charge in [0.25, 0.3) is 0 Å². The first-order valence-corrected chi connectivity index (χ1v) is 6.66. The predicted octanol–water partition coefficient (Wildman–Crippen LogP) is 2.43. The molecule has 2 aromatic rings. The summed E-state index contributed by atoms with van der Waals surface area (Å²) < 4.78 is 10.6. The number of fused-ring (bicyclic) bond motifs is 1. The van der Waals surface area contributed by atoms with Crippen molar-refractivity contribution in [3.63, 3.8) is 0 Å². The van der Waals surface area contributed by atoms with Gasteiger partial charge in [0.2, 0.25) is 12.7 Å². The molecule has 0 unspecified atom stereocenters. The van der Waals surface area contributed by atoms with Gasteiger partial charge in [0.15, 0.2) is 11.5 Å². The van der Waals surface area contributed by atoms with Gasteiger partial charge in [-0.3, -0.25) is 4.79 Å². The van der Waals surface area contributed by atoms with E-state index < -0.39 is 5.91 Å². The van der Waals surface area contributed by atoms with Gasteiger partial charge >= 0.3 is 0 Å². The quantitative estimate of drug-likeness (QED) is 0.904. The maximum absolute atomic E-state index is 11.1. The molecule has 0 saturated carbocycles. The Morgan fingerprint density at radius 3 is 2.76 bits per heavy atom. The zero-order chi connectivity index (χ0) is 14.8. The summed E-state index contributed by atoms with van der Waals surface area (Å²) in [4.78, 5) is 11.1. The molecule has 1 aliphatic heterocycles. The van der Waals surface area contributed by atoms with Crippen molar-refractivity contribution in [3.05, 3.63) is 53.1 Å². The number of rotatable bonds is 4. The standard InChI is InChI=1S/C16H16N2O3/c1-10-6-11(16(17)19)2-3-12(10)8-18-13-4-5-14-15(7-13)21-9-20-14/h2-7,18H,8-9H2,1H3,(H2,17,19). The van der Waals surface area contributed by atoms with Gasteiger partial charge < -0.3 is 20.5 Å². The molecule has 2 aromatic carbocycles. The Morgan fingerprint density at radius 1 is 1.19 bits per heavy atom. The highest BCUT2D eigenvalue weighted by atomic mass is 16.7. The first kappa shape index (κ1) is 13.3. The number of nitrogens with one attached hydrogen (secondary N) is 1. The minimum atomic E-state index is -0.409. The van der Waals surface area contributed by atoms with Gasteiger partial charge in [0, 0.05) is 23.9 Å². The van der Waals surface area contributed by atoms with Gasteiger partial charge in [-0.2, -0.15) is 0 Å². The van der Waals surface area contributed by atoms with Crippen LogP contribution in [-0.4, -0.2) is 12.7 Å². The second kappa shape index (κ2) is 5.36. The zero-order valence-electron chi connectivity index (χ0n) is 11.7. The highest BCUT2D eigenvalue weighted by Crippen LogP contribution is 2.34. The van der Waals surface area contributed by atoms with Crippen LogP contribution in [0.4, 0.5) is 5.69 Å². The summed E-state index contributed by atoms with van der Waals surface area (Å²) >= 11 is 0. The van der Waals surface area contributed by atoms with E-state index >= 15 is 0 Å². The molecule has 0 fully saturated rings. The zero-order valence-corrected chi connectivity index (χ0v) is 11.7. The van der Waals surface area contributed by atoms with Crippen molar-refractivity contribution in [2.75, 3.05) is 12.1 Å². The lowest BCUT2D eigenvalue weighted by atomic mass is 10.0. The maximum Gasteiger partial charge on any atom is 0.248 e. The average molecular weight is 284 g/mol. The maximum atomic E-state index is 11.1. The van der Waals surface area contributed by atoms with Gasteiger partial charge in [-0.05, 0) is 42.3 Å². The van der Waals surface area contributed by atoms with E-state index in [9.17, 15) is 4.79 Å². The summed E-state index contributed by atoms with van der Waals surface area (Å²) in [6.07, 6.45) is 0. The highest BCUT2D eigenvalue weighted by Gasteiger charge is 2.13. The predicted molar refractivity (Wildman–Crippen MR) is 79.6 cm³/mol. The molecule has 5 heteroatoms. The molecule has 1 aliphatic rings. The van der Waals surface area contributed by atoms with Crippen molar-refractivity contribution in [1.29, 1.82) is 0 Å². The molecule has 0 spiro atoms. The van der Waals surface area contributed by atoms with Crippen molar-refractivity contribution >= 4 is 11.6 Å². The van der Waals surface area contributed by atoms with Gasteiger partial charge in [-0.15, -0.1) is 0 Å². The molecule has 1 amide bonds. The number of carbonyl (C=O) groups excluding carboxylic acids is 1. The Labute approximate surface area is 122 Å². The van der Waals surface area contributed by atoms with Gasteiger partial charge in [-0.1, -0.05) is 6.07 Å². The molecule has 1 heterocycles. The molecule has 0 radical (unpaired) electrons. The van der Waals surface area contributed by atoms with Gasteiger partial charge in [-0.25, -0.2) is 0 Å². The van der Waals surface area contributed by atoms with Crippen LogP contribution in [0.25, 0.3) is 0 Å². The van der Waals surface area contributed by atoms with E-state index in [-0.39, 0.29) is 6.79 Å². The fourth-order valence-corrected chi connectivity index (χ4v) is 2.25. The van der Waals surface area contributed by atoms with E-state index in [1.165, 1.54) is 0 Å². The van der Waals surface area contributed by atoms with E-state index in [1.807, 2.05) is 31.2 Å². The topological polar surface area (TPSA) is 73.6 Å². The number of carbonyl (C=O) groups is 1. The molecule has 0 aromatic heterocycles. The Kier molecular flexibility index (Phi) is 3.39. The van der Waals surface area contributed by atoms with Crippen LogP contribution < -0.4 is 20.5 Å². The first-order valence-electron chi connectivity index (χ1n) is 6.66. The summed E-state index contributed by atoms with van der Waals surface area (Å²) in [7, 11) is 0. The van der Waals surface area contributed by atoms with Crippen LogP contribution in [0.1, 0.15) is 21.5 Å². The molecule has 5 nitrogen and oxygen atoms in total. The summed E-state index contributed by atoms with van der Waals surface area (Å²) in [6.45, 7) is 2.89. The Bertz CT molecular complexity index is 698. The summed E-state index contributed by atoms with van der Waals surface area (Å²) in [5.41, 5.74) is 8.89.